The molecule has 1 saturated heterocycles. The Balaban J connectivity index is 2.20. The predicted octanol–water partition coefficient (Wildman–Crippen LogP) is 0.352. The molecule has 7 nitrogen and oxygen atoms in total. The average molecular weight is 281 g/mol. The van der Waals surface area contributed by atoms with E-state index < -0.39 is 5.97 Å². The van der Waals surface area contributed by atoms with E-state index in [2.05, 4.69) is 9.97 Å². The Labute approximate surface area is 116 Å². The van der Waals surface area contributed by atoms with Gasteiger partial charge in [0, 0.05) is 19.1 Å². The Bertz CT molecular complexity index is 535. The van der Waals surface area contributed by atoms with Crippen LogP contribution in [-0.4, -0.2) is 35.8 Å². The van der Waals surface area contributed by atoms with Gasteiger partial charge in [-0.1, -0.05) is 0 Å². The smallest absolute Gasteiger partial charge is 0.310 e. The molecule has 20 heavy (non-hydrogen) atoms. The highest BCUT2D eigenvalue weighted by atomic mass is 16.5. The number of nitrogen functional groups attached to an aromatic ring is 1. The van der Waals surface area contributed by atoms with Gasteiger partial charge in [-0.15, -0.1) is 0 Å². The molecule has 0 bridgehead atoms. The van der Waals surface area contributed by atoms with E-state index in [-0.39, 0.29) is 35.9 Å². The number of nitrogens with zero attached hydrogens (tertiary/aromatic N) is 1. The maximum absolute atomic E-state index is 12.0. The molecule has 1 aliphatic rings. The van der Waals surface area contributed by atoms with Crippen LogP contribution in [0.3, 0.4) is 0 Å². The van der Waals surface area contributed by atoms with Crippen molar-refractivity contribution in [3.63, 3.8) is 0 Å². The number of anilines is 1. The number of aromatic nitrogens is 2. The van der Waals surface area contributed by atoms with Gasteiger partial charge in [0.1, 0.15) is 11.6 Å². The molecular weight excluding hydrogens is 262 g/mol. The third kappa shape index (κ3) is 3.36. The number of carbonyl (C=O) groups excluding carboxylic acids is 1. The lowest BCUT2D eigenvalue weighted by Gasteiger charge is -2.21. The highest BCUT2D eigenvalue weighted by Crippen LogP contribution is 2.24. The first-order valence-corrected chi connectivity index (χ1v) is 6.73. The molecule has 7 heteroatoms. The van der Waals surface area contributed by atoms with Crippen LogP contribution in [0, 0.1) is 0 Å². The van der Waals surface area contributed by atoms with Gasteiger partial charge in [-0.25, -0.2) is 4.98 Å². The molecule has 0 unspecified atom stereocenters. The summed E-state index contributed by atoms with van der Waals surface area (Å²) in [5.74, 6) is 0.340. The molecule has 110 valence electrons. The molecule has 0 atom stereocenters. The number of hydrogen-bond donors (Lipinski definition) is 2. The van der Waals surface area contributed by atoms with Gasteiger partial charge in [0.05, 0.1) is 18.6 Å². The highest BCUT2D eigenvalue weighted by Gasteiger charge is 2.21. The standard InChI is InChI=1S/C13H19N3O4/c1-2-20-10(17)7-9-11(14)15-12(16-13(9)18)8-3-5-19-6-4-8/h8H,2-7H2,1H3,(H3,14,15,16,18). The molecule has 1 aromatic heterocycles. The van der Waals surface area contributed by atoms with Gasteiger partial charge < -0.3 is 20.2 Å². The zero-order valence-electron chi connectivity index (χ0n) is 11.5. The second-order valence-electron chi connectivity index (χ2n) is 4.68. The summed E-state index contributed by atoms with van der Waals surface area (Å²) in [7, 11) is 0. The number of ether oxygens (including phenoxy) is 2. The van der Waals surface area contributed by atoms with Crippen LogP contribution in [0.15, 0.2) is 4.79 Å². The maximum atomic E-state index is 12.0. The van der Waals surface area contributed by atoms with Crippen LogP contribution < -0.4 is 11.3 Å². The van der Waals surface area contributed by atoms with Crippen molar-refractivity contribution in [2.75, 3.05) is 25.6 Å². The number of carbonyl (C=O) groups is 1. The van der Waals surface area contributed by atoms with Crippen molar-refractivity contribution in [3.05, 3.63) is 21.7 Å². The first kappa shape index (κ1) is 14.5. The number of H-pyrrole nitrogens is 1. The van der Waals surface area contributed by atoms with Gasteiger partial charge in [0.2, 0.25) is 0 Å². The zero-order valence-corrected chi connectivity index (χ0v) is 11.5. The molecule has 1 aromatic rings. The first-order valence-electron chi connectivity index (χ1n) is 6.73. The van der Waals surface area contributed by atoms with Gasteiger partial charge >= 0.3 is 5.97 Å². The molecule has 0 radical (unpaired) electrons. The van der Waals surface area contributed by atoms with Crippen molar-refractivity contribution in [2.45, 2.75) is 32.1 Å². The monoisotopic (exact) mass is 281 g/mol. The van der Waals surface area contributed by atoms with E-state index >= 15 is 0 Å². The van der Waals surface area contributed by atoms with Crippen molar-refractivity contribution < 1.29 is 14.3 Å². The van der Waals surface area contributed by atoms with E-state index in [4.69, 9.17) is 15.2 Å². The predicted molar refractivity (Wildman–Crippen MR) is 72.4 cm³/mol. The van der Waals surface area contributed by atoms with Gasteiger partial charge in [-0.2, -0.15) is 0 Å². The molecule has 0 aromatic carbocycles. The molecular formula is C13H19N3O4. The Morgan fingerprint density at radius 1 is 1.50 bits per heavy atom. The van der Waals surface area contributed by atoms with Crippen molar-refractivity contribution >= 4 is 11.8 Å². The van der Waals surface area contributed by atoms with Gasteiger partial charge in [0.15, 0.2) is 0 Å². The normalized spacial score (nSPS) is 16.1. The minimum Gasteiger partial charge on any atom is -0.466 e. The van der Waals surface area contributed by atoms with Gasteiger partial charge in [-0.05, 0) is 19.8 Å². The first-order chi connectivity index (χ1) is 9.61. The van der Waals surface area contributed by atoms with Crippen molar-refractivity contribution in [3.8, 4) is 0 Å². The van der Waals surface area contributed by atoms with Crippen LogP contribution in [-0.2, 0) is 20.7 Å². The van der Waals surface area contributed by atoms with Crippen LogP contribution in [0.25, 0.3) is 0 Å². The summed E-state index contributed by atoms with van der Waals surface area (Å²) in [5.41, 5.74) is 5.60. The third-order valence-electron chi connectivity index (χ3n) is 3.30. The van der Waals surface area contributed by atoms with Crippen LogP contribution in [0.5, 0.6) is 0 Å². The lowest BCUT2D eigenvalue weighted by Crippen LogP contribution is -2.26. The molecule has 0 spiro atoms. The quantitative estimate of drug-likeness (QED) is 0.771. The third-order valence-corrected chi connectivity index (χ3v) is 3.30. The Morgan fingerprint density at radius 3 is 2.80 bits per heavy atom. The second-order valence-corrected chi connectivity index (χ2v) is 4.68. The molecule has 0 aliphatic carbocycles. The highest BCUT2D eigenvalue weighted by molar-refractivity contribution is 5.74. The largest absolute Gasteiger partial charge is 0.466 e. The SMILES string of the molecule is CCOC(=O)Cc1c(N)nc(C2CCOCC2)[nH]c1=O. The van der Waals surface area contributed by atoms with Gasteiger partial charge in [0.25, 0.3) is 5.56 Å². The lowest BCUT2D eigenvalue weighted by atomic mass is 9.99. The Hall–Kier alpha value is -1.89. The number of hydrogen-bond acceptors (Lipinski definition) is 6. The van der Waals surface area contributed by atoms with Crippen LogP contribution >= 0.6 is 0 Å². The summed E-state index contributed by atoms with van der Waals surface area (Å²) < 4.78 is 10.1. The van der Waals surface area contributed by atoms with Crippen LogP contribution in [0.1, 0.15) is 37.1 Å². The van der Waals surface area contributed by atoms with E-state index in [0.717, 1.165) is 12.8 Å². The fourth-order valence-corrected chi connectivity index (χ4v) is 2.22. The number of nitrogens with one attached hydrogen (secondary N) is 1. The molecule has 2 rings (SSSR count). The van der Waals surface area contributed by atoms with Gasteiger partial charge in [-0.3, -0.25) is 9.59 Å². The van der Waals surface area contributed by atoms with Crippen LogP contribution in [0.2, 0.25) is 0 Å². The van der Waals surface area contributed by atoms with Crippen molar-refractivity contribution in [2.24, 2.45) is 0 Å². The Morgan fingerprint density at radius 2 is 2.20 bits per heavy atom. The molecule has 1 aliphatic heterocycles. The molecule has 0 amide bonds. The molecule has 0 saturated carbocycles. The number of nitrogens with two attached hydrogens (primary N) is 1. The Kier molecular flexibility index (Phi) is 4.73. The maximum Gasteiger partial charge on any atom is 0.310 e. The van der Waals surface area contributed by atoms with Crippen LogP contribution in [0.4, 0.5) is 5.82 Å². The number of esters is 1. The second kappa shape index (κ2) is 6.51. The summed E-state index contributed by atoms with van der Waals surface area (Å²) >= 11 is 0. The lowest BCUT2D eigenvalue weighted by molar-refractivity contribution is -0.142. The zero-order chi connectivity index (χ0) is 14.5. The summed E-state index contributed by atoms with van der Waals surface area (Å²) in [6.45, 7) is 3.28. The van der Waals surface area contributed by atoms with Crippen molar-refractivity contribution in [1.82, 2.24) is 9.97 Å². The minimum atomic E-state index is -0.481. The number of aromatic amines is 1. The molecule has 2 heterocycles. The fourth-order valence-electron chi connectivity index (χ4n) is 2.22. The van der Waals surface area contributed by atoms with E-state index in [1.807, 2.05) is 0 Å². The topological polar surface area (TPSA) is 107 Å². The summed E-state index contributed by atoms with van der Waals surface area (Å²) in [4.78, 5) is 30.4. The summed E-state index contributed by atoms with van der Waals surface area (Å²) in [5, 5.41) is 0. The number of rotatable bonds is 4. The minimum absolute atomic E-state index is 0.100. The van der Waals surface area contributed by atoms with Crippen molar-refractivity contribution in [1.29, 1.82) is 0 Å². The fraction of sp³-hybridized carbons (Fsp3) is 0.615. The summed E-state index contributed by atoms with van der Waals surface area (Å²) in [6, 6.07) is 0. The van der Waals surface area contributed by atoms with E-state index in [1.165, 1.54) is 0 Å². The molecule has 1 fully saturated rings. The van der Waals surface area contributed by atoms with E-state index in [1.54, 1.807) is 6.92 Å². The summed E-state index contributed by atoms with van der Waals surface area (Å²) in [6.07, 6.45) is 1.45. The average Bonchev–Trinajstić information content (AvgIpc) is 2.44. The molecule has 3 N–H and O–H groups in total. The van der Waals surface area contributed by atoms with E-state index in [9.17, 15) is 9.59 Å². The van der Waals surface area contributed by atoms with E-state index in [0.29, 0.717) is 19.0 Å².